The molecule has 1 aromatic carbocycles. The summed E-state index contributed by atoms with van der Waals surface area (Å²) >= 11 is 4.17. The minimum Gasteiger partial charge on any atom is -0.480 e. The lowest BCUT2D eigenvalue weighted by Gasteiger charge is -2.25. The van der Waals surface area contributed by atoms with Crippen LogP contribution in [0.15, 0.2) is 30.5 Å². The zero-order valence-corrected chi connectivity index (χ0v) is 22.8. The number of aromatic nitrogens is 1. The fourth-order valence-electron chi connectivity index (χ4n) is 4.08. The van der Waals surface area contributed by atoms with Gasteiger partial charge in [-0.25, -0.2) is 4.79 Å². The van der Waals surface area contributed by atoms with Crippen LogP contribution in [0.25, 0.3) is 10.9 Å². The van der Waals surface area contributed by atoms with Crippen molar-refractivity contribution in [1.29, 1.82) is 0 Å². The molecule has 210 valence electrons. The second kappa shape index (κ2) is 15.4. The number of carbonyl (C=O) groups is 4. The highest BCUT2D eigenvalue weighted by Gasteiger charge is 2.30. The molecule has 0 aliphatic heterocycles. The van der Waals surface area contributed by atoms with E-state index < -0.39 is 47.9 Å². The predicted molar refractivity (Wildman–Crippen MR) is 150 cm³/mol. The molecule has 1 heterocycles. The third kappa shape index (κ3) is 9.34. The molecule has 0 radical (unpaired) electrons. The second-order valence-electron chi connectivity index (χ2n) is 9.79. The van der Waals surface area contributed by atoms with E-state index >= 15 is 0 Å². The number of benzene rings is 1. The summed E-state index contributed by atoms with van der Waals surface area (Å²) in [7, 11) is 0. The van der Waals surface area contributed by atoms with Gasteiger partial charge in [0.25, 0.3) is 0 Å². The number of hydrogen-bond acceptors (Lipinski definition) is 7. The number of unbranched alkanes of at least 4 members (excludes halogenated alkanes) is 1. The van der Waals surface area contributed by atoms with Gasteiger partial charge in [-0.15, -0.1) is 0 Å². The molecule has 12 heteroatoms. The van der Waals surface area contributed by atoms with Gasteiger partial charge in [0.2, 0.25) is 17.7 Å². The third-order valence-corrected chi connectivity index (χ3v) is 6.54. The molecule has 9 N–H and O–H groups in total. The highest BCUT2D eigenvalue weighted by atomic mass is 32.1. The number of amides is 3. The van der Waals surface area contributed by atoms with E-state index in [1.807, 2.05) is 38.1 Å². The Bertz CT molecular complexity index is 1090. The Morgan fingerprint density at radius 3 is 2.24 bits per heavy atom. The van der Waals surface area contributed by atoms with Crippen molar-refractivity contribution in [3.05, 3.63) is 36.0 Å². The minimum atomic E-state index is -1.21. The van der Waals surface area contributed by atoms with Gasteiger partial charge in [0.05, 0.1) is 6.04 Å². The van der Waals surface area contributed by atoms with Crippen molar-refractivity contribution in [2.24, 2.45) is 17.4 Å². The summed E-state index contributed by atoms with van der Waals surface area (Å²) in [6, 6.07) is 3.44. The molecule has 0 saturated heterocycles. The molecule has 3 amide bonds. The van der Waals surface area contributed by atoms with Gasteiger partial charge in [0, 0.05) is 29.3 Å². The molecule has 4 unspecified atom stereocenters. The molecule has 0 spiro atoms. The first-order valence-electron chi connectivity index (χ1n) is 12.8. The Hall–Kier alpha value is -3.09. The summed E-state index contributed by atoms with van der Waals surface area (Å²) < 4.78 is 0. The molecule has 0 aliphatic carbocycles. The molecule has 4 atom stereocenters. The molecule has 0 aliphatic rings. The van der Waals surface area contributed by atoms with Crippen molar-refractivity contribution in [3.63, 3.8) is 0 Å². The van der Waals surface area contributed by atoms with Crippen molar-refractivity contribution in [1.82, 2.24) is 20.9 Å². The fraction of sp³-hybridized carbons (Fsp3) is 0.538. The van der Waals surface area contributed by atoms with Crippen molar-refractivity contribution in [2.45, 2.75) is 70.1 Å². The first-order chi connectivity index (χ1) is 18.1. The number of aliphatic carboxylic acids is 1. The first-order valence-corrected chi connectivity index (χ1v) is 13.5. The predicted octanol–water partition coefficient (Wildman–Crippen LogP) is 0.682. The molecule has 1 aromatic heterocycles. The molecule has 2 aromatic rings. The van der Waals surface area contributed by atoms with Gasteiger partial charge in [-0.1, -0.05) is 38.5 Å². The molecule has 11 nitrogen and oxygen atoms in total. The summed E-state index contributed by atoms with van der Waals surface area (Å²) in [4.78, 5) is 53.7. The first kappa shape index (κ1) is 31.1. The third-order valence-electron chi connectivity index (χ3n) is 6.18. The average molecular weight is 549 g/mol. The molecule has 38 heavy (non-hydrogen) atoms. The van der Waals surface area contributed by atoms with E-state index in [1.165, 1.54) is 0 Å². The zero-order chi connectivity index (χ0) is 28.2. The van der Waals surface area contributed by atoms with Gasteiger partial charge in [-0.3, -0.25) is 14.4 Å². The minimum absolute atomic E-state index is 0.0125. The quantitative estimate of drug-likeness (QED) is 0.112. The zero-order valence-electron chi connectivity index (χ0n) is 21.9. The number of nitrogens with two attached hydrogens (primary N) is 2. The molecular formula is C26H40N6O5S. The van der Waals surface area contributed by atoms with E-state index in [2.05, 4.69) is 33.6 Å². The van der Waals surface area contributed by atoms with Gasteiger partial charge in [0.15, 0.2) is 0 Å². The van der Waals surface area contributed by atoms with Gasteiger partial charge < -0.3 is 37.5 Å². The smallest absolute Gasteiger partial charge is 0.326 e. The normalized spacial score (nSPS) is 14.5. The van der Waals surface area contributed by atoms with Crippen LogP contribution in [0.4, 0.5) is 0 Å². The van der Waals surface area contributed by atoms with E-state index in [0.29, 0.717) is 19.4 Å². The van der Waals surface area contributed by atoms with Crippen LogP contribution in [0.3, 0.4) is 0 Å². The number of carboxylic acids is 1. The standard InChI is InChI=1S/C26H40N6O5S/c1-15(2)11-20(30-25(35)22(14-38)32-23(33)18(28)8-5-6-10-27)24(34)31-21(26(36)37)12-16-13-29-19-9-4-3-7-17(16)19/h3-4,7,9,13,15,18,20-22,29,38H,5-6,8,10-12,14,27-28H2,1-2H3,(H,30,35)(H,31,34)(H,32,33)(H,36,37). The SMILES string of the molecule is CC(C)CC(NC(=O)C(CS)NC(=O)C(N)CCCCN)C(=O)NC(Cc1c[nH]c2ccccc12)C(=O)O. The van der Waals surface area contributed by atoms with Crippen LogP contribution in [0.1, 0.15) is 45.1 Å². The van der Waals surface area contributed by atoms with Gasteiger partial charge in [0.1, 0.15) is 18.1 Å². The van der Waals surface area contributed by atoms with Crippen LogP contribution in [-0.4, -0.2) is 70.2 Å². The molecule has 0 fully saturated rings. The van der Waals surface area contributed by atoms with Crippen molar-refractivity contribution in [3.8, 4) is 0 Å². The summed E-state index contributed by atoms with van der Waals surface area (Å²) in [6.07, 6.45) is 3.90. The van der Waals surface area contributed by atoms with E-state index in [4.69, 9.17) is 11.5 Å². The summed E-state index contributed by atoms with van der Waals surface area (Å²) in [5, 5.41) is 18.5. The van der Waals surface area contributed by atoms with Gasteiger partial charge in [-0.2, -0.15) is 12.6 Å². The lowest BCUT2D eigenvalue weighted by Crippen LogP contribution is -2.58. The fourth-order valence-corrected chi connectivity index (χ4v) is 4.34. The number of rotatable bonds is 16. The highest BCUT2D eigenvalue weighted by molar-refractivity contribution is 7.80. The second-order valence-corrected chi connectivity index (χ2v) is 10.2. The van der Waals surface area contributed by atoms with Crippen LogP contribution in [0, 0.1) is 5.92 Å². The van der Waals surface area contributed by atoms with Crippen molar-refractivity contribution in [2.75, 3.05) is 12.3 Å². The summed E-state index contributed by atoms with van der Waals surface area (Å²) in [5.74, 6) is -2.91. The van der Waals surface area contributed by atoms with E-state index in [9.17, 15) is 24.3 Å². The number of thiol groups is 1. The van der Waals surface area contributed by atoms with Crippen LogP contribution in [-0.2, 0) is 25.6 Å². The Kier molecular flexibility index (Phi) is 12.6. The molecular weight excluding hydrogens is 508 g/mol. The number of fused-ring (bicyclic) bond motifs is 1. The van der Waals surface area contributed by atoms with Crippen LogP contribution >= 0.6 is 12.6 Å². The topological polar surface area (TPSA) is 192 Å². The van der Waals surface area contributed by atoms with Gasteiger partial charge >= 0.3 is 5.97 Å². The largest absolute Gasteiger partial charge is 0.480 e. The Labute approximate surface area is 228 Å². The number of carboxylic acid groups (broad SMARTS) is 1. The average Bonchev–Trinajstić information content (AvgIpc) is 3.28. The maximum absolute atomic E-state index is 13.2. The number of aromatic amines is 1. The Morgan fingerprint density at radius 1 is 0.974 bits per heavy atom. The number of para-hydroxylation sites is 1. The van der Waals surface area contributed by atoms with Crippen molar-refractivity contribution < 1.29 is 24.3 Å². The van der Waals surface area contributed by atoms with Crippen LogP contribution in [0.2, 0.25) is 0 Å². The van der Waals surface area contributed by atoms with Gasteiger partial charge in [-0.05, 0) is 43.4 Å². The maximum atomic E-state index is 13.2. The highest BCUT2D eigenvalue weighted by Crippen LogP contribution is 2.19. The number of H-pyrrole nitrogens is 1. The van der Waals surface area contributed by atoms with Crippen molar-refractivity contribution >= 4 is 47.2 Å². The number of carbonyl (C=O) groups excluding carboxylic acids is 3. The van der Waals surface area contributed by atoms with Crippen LogP contribution < -0.4 is 27.4 Å². The molecule has 0 saturated carbocycles. The number of nitrogens with one attached hydrogen (secondary N) is 4. The summed E-state index contributed by atoms with van der Waals surface area (Å²) in [5.41, 5.74) is 13.0. The maximum Gasteiger partial charge on any atom is 0.326 e. The van der Waals surface area contributed by atoms with E-state index in [0.717, 1.165) is 22.9 Å². The molecule has 2 rings (SSSR count). The van der Waals surface area contributed by atoms with E-state index in [-0.39, 0.29) is 24.5 Å². The number of hydrogen-bond donors (Lipinski definition) is 8. The molecule has 0 bridgehead atoms. The van der Waals surface area contributed by atoms with Crippen LogP contribution in [0.5, 0.6) is 0 Å². The Morgan fingerprint density at radius 2 is 1.61 bits per heavy atom. The Balaban J connectivity index is 2.08. The lowest BCUT2D eigenvalue weighted by molar-refractivity contribution is -0.142. The summed E-state index contributed by atoms with van der Waals surface area (Å²) in [6.45, 7) is 4.26. The monoisotopic (exact) mass is 548 g/mol. The lowest BCUT2D eigenvalue weighted by atomic mass is 10.0. The van der Waals surface area contributed by atoms with E-state index in [1.54, 1.807) is 6.20 Å².